The second-order valence-corrected chi connectivity index (χ2v) is 2.46. The van der Waals surface area contributed by atoms with Gasteiger partial charge in [0.25, 0.3) is 0 Å². The molecule has 0 aliphatic carbocycles. The largest absolute Gasteiger partial charge is 0.354 e. The molecule has 0 rings (SSSR count). The van der Waals surface area contributed by atoms with Crippen LogP contribution in [0.3, 0.4) is 0 Å². The Hall–Kier alpha value is -0.240. The fraction of sp³-hybridized carbons (Fsp3) is 1.00. The Kier molecular flexibility index (Phi) is 7.96. The maximum atomic E-state index is 5.22. The molecule has 0 aliphatic heterocycles. The zero-order valence-corrected chi connectivity index (χ0v) is 8.95. The van der Waals surface area contributed by atoms with Gasteiger partial charge in [0.15, 0.2) is 0 Å². The van der Waals surface area contributed by atoms with Crippen molar-refractivity contribution in [1.29, 1.82) is 0 Å². The summed E-state index contributed by atoms with van der Waals surface area (Å²) < 4.78 is 25.1. The van der Waals surface area contributed by atoms with Crippen LogP contribution in [0.15, 0.2) is 0 Å². The highest BCUT2D eigenvalue weighted by Gasteiger charge is 2.29. The van der Waals surface area contributed by atoms with Crippen molar-refractivity contribution >= 4 is 0 Å². The molecule has 86 valence electrons. The number of nitrogens with two attached hydrogens (primary N) is 1. The van der Waals surface area contributed by atoms with Gasteiger partial charge in [0.2, 0.25) is 0 Å². The molecule has 0 amide bonds. The van der Waals surface area contributed by atoms with Crippen molar-refractivity contribution in [2.75, 3.05) is 47.9 Å². The monoisotopic (exact) mass is 209 g/mol. The molecule has 0 heterocycles. The van der Waals surface area contributed by atoms with Crippen LogP contribution >= 0.6 is 0 Å². The summed E-state index contributed by atoms with van der Waals surface area (Å²) in [6.45, 7) is 1.18. The first-order chi connectivity index (χ1) is 6.74. The zero-order chi connectivity index (χ0) is 10.9. The van der Waals surface area contributed by atoms with Crippen LogP contribution in [0.4, 0.5) is 0 Å². The minimum Gasteiger partial charge on any atom is -0.354 e. The maximum absolute atomic E-state index is 5.22. The first kappa shape index (κ1) is 13.8. The maximum Gasteiger partial charge on any atom is 0.307 e. The molecule has 0 atom stereocenters. The second kappa shape index (κ2) is 8.10. The van der Waals surface area contributed by atoms with Gasteiger partial charge in [0.1, 0.15) is 13.4 Å². The number of hydrogen-bond acceptors (Lipinski definition) is 6. The molecule has 0 fully saturated rings. The normalized spacial score (nSPS) is 12.0. The number of ether oxygens (including phenoxy) is 5. The third-order valence-electron chi connectivity index (χ3n) is 1.64. The standard InChI is InChI=1S/C8H19NO5/c1-10-8(11-2,12-3)6-14-7-13-5-4-9/h4-7,9H2,1-3H3. The van der Waals surface area contributed by atoms with E-state index >= 15 is 0 Å². The van der Waals surface area contributed by atoms with Crippen molar-refractivity contribution in [1.82, 2.24) is 0 Å². The van der Waals surface area contributed by atoms with Crippen LogP contribution in [0, 0.1) is 0 Å². The molecule has 0 aromatic heterocycles. The van der Waals surface area contributed by atoms with Crippen LogP contribution < -0.4 is 5.73 Å². The zero-order valence-electron chi connectivity index (χ0n) is 8.95. The molecular formula is C8H19NO5. The molecule has 14 heavy (non-hydrogen) atoms. The van der Waals surface area contributed by atoms with Crippen molar-refractivity contribution in [3.05, 3.63) is 0 Å². The third kappa shape index (κ3) is 4.85. The molecule has 0 bridgehead atoms. The van der Waals surface area contributed by atoms with Gasteiger partial charge in [-0.05, 0) is 0 Å². The topological polar surface area (TPSA) is 72.2 Å². The number of hydrogen-bond donors (Lipinski definition) is 1. The van der Waals surface area contributed by atoms with Crippen molar-refractivity contribution < 1.29 is 23.7 Å². The highest BCUT2D eigenvalue weighted by Crippen LogP contribution is 2.11. The summed E-state index contributed by atoms with van der Waals surface area (Å²) in [7, 11) is 4.41. The van der Waals surface area contributed by atoms with Gasteiger partial charge >= 0.3 is 5.97 Å². The van der Waals surface area contributed by atoms with E-state index in [1.807, 2.05) is 0 Å². The van der Waals surface area contributed by atoms with Crippen molar-refractivity contribution in [3.63, 3.8) is 0 Å². The molecule has 0 spiro atoms. The van der Waals surface area contributed by atoms with Crippen LogP contribution in [0.25, 0.3) is 0 Å². The lowest BCUT2D eigenvalue weighted by molar-refractivity contribution is -0.372. The lowest BCUT2D eigenvalue weighted by Gasteiger charge is -2.27. The van der Waals surface area contributed by atoms with Crippen LogP contribution in [-0.2, 0) is 23.7 Å². The molecule has 0 aromatic rings. The van der Waals surface area contributed by atoms with Gasteiger partial charge in [-0.15, -0.1) is 0 Å². The Morgan fingerprint density at radius 1 is 1.00 bits per heavy atom. The molecule has 0 aromatic carbocycles. The molecular weight excluding hydrogens is 190 g/mol. The third-order valence-corrected chi connectivity index (χ3v) is 1.64. The van der Waals surface area contributed by atoms with E-state index in [0.717, 1.165) is 0 Å². The van der Waals surface area contributed by atoms with E-state index in [0.29, 0.717) is 13.2 Å². The van der Waals surface area contributed by atoms with Gasteiger partial charge in [-0.2, -0.15) is 0 Å². The smallest absolute Gasteiger partial charge is 0.307 e. The average molecular weight is 209 g/mol. The summed E-state index contributed by atoms with van der Waals surface area (Å²) in [5, 5.41) is 0. The molecule has 6 nitrogen and oxygen atoms in total. The summed E-state index contributed by atoms with van der Waals surface area (Å²) in [6, 6.07) is 0. The molecule has 0 unspecified atom stereocenters. The highest BCUT2D eigenvalue weighted by molar-refractivity contribution is 4.51. The van der Waals surface area contributed by atoms with Gasteiger partial charge in [0.05, 0.1) is 6.61 Å². The van der Waals surface area contributed by atoms with Gasteiger partial charge in [-0.25, -0.2) is 0 Å². The minimum absolute atomic E-state index is 0.126. The van der Waals surface area contributed by atoms with Gasteiger partial charge in [-0.3, -0.25) is 0 Å². The SMILES string of the molecule is COC(COCOCCN)(OC)OC. The van der Waals surface area contributed by atoms with Crippen molar-refractivity contribution in [2.45, 2.75) is 5.97 Å². The predicted octanol–water partition coefficient (Wildman–Crippen LogP) is -0.471. The molecule has 0 saturated heterocycles. The molecule has 2 N–H and O–H groups in total. The molecule has 0 aliphatic rings. The van der Waals surface area contributed by atoms with E-state index in [-0.39, 0.29) is 13.4 Å². The van der Waals surface area contributed by atoms with Gasteiger partial charge in [0, 0.05) is 27.9 Å². The average Bonchev–Trinajstić information content (AvgIpc) is 2.24. The van der Waals surface area contributed by atoms with E-state index in [2.05, 4.69) is 0 Å². The Morgan fingerprint density at radius 2 is 1.57 bits per heavy atom. The first-order valence-corrected chi connectivity index (χ1v) is 4.25. The van der Waals surface area contributed by atoms with E-state index in [9.17, 15) is 0 Å². The Balaban J connectivity index is 3.61. The van der Waals surface area contributed by atoms with Crippen molar-refractivity contribution in [2.24, 2.45) is 5.73 Å². The summed E-state index contributed by atoms with van der Waals surface area (Å²) >= 11 is 0. The van der Waals surface area contributed by atoms with Crippen LogP contribution in [0.5, 0.6) is 0 Å². The summed E-state index contributed by atoms with van der Waals surface area (Å²) in [6.07, 6.45) is 0. The molecule has 0 radical (unpaired) electrons. The Morgan fingerprint density at radius 3 is 2.00 bits per heavy atom. The summed E-state index contributed by atoms with van der Waals surface area (Å²) in [5.41, 5.74) is 5.22. The van der Waals surface area contributed by atoms with E-state index in [1.54, 1.807) is 0 Å². The molecule has 6 heteroatoms. The van der Waals surface area contributed by atoms with E-state index < -0.39 is 5.97 Å². The van der Waals surface area contributed by atoms with Gasteiger partial charge in [-0.1, -0.05) is 0 Å². The predicted molar refractivity (Wildman–Crippen MR) is 49.6 cm³/mol. The summed E-state index contributed by atoms with van der Waals surface area (Å²) in [4.78, 5) is 0. The lowest BCUT2D eigenvalue weighted by atomic mass is 10.6. The number of methoxy groups -OCH3 is 3. The van der Waals surface area contributed by atoms with Crippen molar-refractivity contribution in [3.8, 4) is 0 Å². The number of rotatable bonds is 9. The highest BCUT2D eigenvalue weighted by atomic mass is 16.9. The van der Waals surface area contributed by atoms with Crippen LogP contribution in [0.1, 0.15) is 0 Å². The van der Waals surface area contributed by atoms with E-state index in [4.69, 9.17) is 29.4 Å². The quantitative estimate of drug-likeness (QED) is 0.409. The molecule has 0 saturated carbocycles. The lowest BCUT2D eigenvalue weighted by Crippen LogP contribution is -2.41. The summed E-state index contributed by atoms with van der Waals surface area (Å²) in [5.74, 6) is -1.16. The second-order valence-electron chi connectivity index (χ2n) is 2.46. The first-order valence-electron chi connectivity index (χ1n) is 4.25. The van der Waals surface area contributed by atoms with Crippen LogP contribution in [0.2, 0.25) is 0 Å². The van der Waals surface area contributed by atoms with Gasteiger partial charge < -0.3 is 29.4 Å². The fourth-order valence-electron chi connectivity index (χ4n) is 0.795. The Bertz CT molecular complexity index is 121. The van der Waals surface area contributed by atoms with E-state index in [1.165, 1.54) is 21.3 Å². The van der Waals surface area contributed by atoms with Crippen LogP contribution in [-0.4, -0.2) is 53.9 Å². The Labute approximate surface area is 84.2 Å². The minimum atomic E-state index is -1.16. The fourth-order valence-corrected chi connectivity index (χ4v) is 0.795.